The number of aryl methyl sites for hydroxylation is 2. The number of hydrogen-bond donors (Lipinski definition) is 1. The van der Waals surface area contributed by atoms with Gasteiger partial charge in [0, 0.05) is 17.5 Å². The second-order valence-corrected chi connectivity index (χ2v) is 8.81. The maximum absolute atomic E-state index is 12.3. The second-order valence-electron chi connectivity index (χ2n) is 6.92. The van der Waals surface area contributed by atoms with Crippen LogP contribution in [0.3, 0.4) is 0 Å². The lowest BCUT2D eigenvalue weighted by molar-refractivity contribution is -0.145. The second kappa shape index (κ2) is 10.3. The Balaban J connectivity index is 1.20. The molecule has 0 unspecified atom stereocenters. The quantitative estimate of drug-likeness (QED) is 0.362. The maximum Gasteiger partial charge on any atom is 0.306 e. The summed E-state index contributed by atoms with van der Waals surface area (Å²) in [5, 5.41) is 11.2. The molecule has 10 heteroatoms. The van der Waals surface area contributed by atoms with Gasteiger partial charge in [-0.3, -0.25) is 9.59 Å². The van der Waals surface area contributed by atoms with Crippen LogP contribution in [0.25, 0.3) is 10.7 Å². The van der Waals surface area contributed by atoms with Gasteiger partial charge in [0.25, 0.3) is 0 Å². The van der Waals surface area contributed by atoms with E-state index in [1.54, 1.807) is 5.38 Å². The van der Waals surface area contributed by atoms with Crippen molar-refractivity contribution in [3.05, 3.63) is 69.3 Å². The van der Waals surface area contributed by atoms with Crippen molar-refractivity contribution >= 4 is 40.2 Å². The molecule has 32 heavy (non-hydrogen) atoms. The normalized spacial score (nSPS) is 10.8. The fourth-order valence-corrected chi connectivity index (χ4v) is 4.27. The molecule has 4 aromatic rings. The zero-order valence-electron chi connectivity index (χ0n) is 17.2. The Bertz CT molecular complexity index is 1200. The van der Waals surface area contributed by atoms with Crippen molar-refractivity contribution in [2.24, 2.45) is 0 Å². The van der Waals surface area contributed by atoms with Gasteiger partial charge in [0.05, 0.1) is 23.4 Å². The smallest absolute Gasteiger partial charge is 0.306 e. The van der Waals surface area contributed by atoms with E-state index in [4.69, 9.17) is 9.26 Å². The first-order valence-electron chi connectivity index (χ1n) is 9.87. The average Bonchev–Trinajstić information content (AvgIpc) is 3.54. The summed E-state index contributed by atoms with van der Waals surface area (Å²) in [6, 6.07) is 11.4. The SMILES string of the molecule is Cc1ccccc1NC(=O)Cc1nc(COC(=O)CCc2nc(-c3cccs3)no2)cs1. The molecule has 3 aromatic heterocycles. The van der Waals surface area contributed by atoms with Crippen LogP contribution in [0.15, 0.2) is 51.7 Å². The van der Waals surface area contributed by atoms with Crippen LogP contribution in [0.4, 0.5) is 5.69 Å². The van der Waals surface area contributed by atoms with Gasteiger partial charge in [-0.15, -0.1) is 22.7 Å². The van der Waals surface area contributed by atoms with Gasteiger partial charge in [-0.1, -0.05) is 29.4 Å². The van der Waals surface area contributed by atoms with Crippen LogP contribution in [-0.4, -0.2) is 27.0 Å². The number of ether oxygens (including phenoxy) is 1. The lowest BCUT2D eigenvalue weighted by Crippen LogP contribution is -2.15. The van der Waals surface area contributed by atoms with E-state index in [9.17, 15) is 9.59 Å². The van der Waals surface area contributed by atoms with E-state index in [2.05, 4.69) is 20.4 Å². The van der Waals surface area contributed by atoms with Crippen LogP contribution in [0, 0.1) is 6.92 Å². The lowest BCUT2D eigenvalue weighted by Gasteiger charge is -2.06. The van der Waals surface area contributed by atoms with Crippen molar-refractivity contribution in [1.29, 1.82) is 0 Å². The van der Waals surface area contributed by atoms with Crippen LogP contribution in [0.5, 0.6) is 0 Å². The van der Waals surface area contributed by atoms with Crippen molar-refractivity contribution in [1.82, 2.24) is 15.1 Å². The Labute approximate surface area is 192 Å². The zero-order chi connectivity index (χ0) is 22.3. The molecule has 8 nitrogen and oxygen atoms in total. The minimum atomic E-state index is -0.382. The molecule has 4 rings (SSSR count). The van der Waals surface area contributed by atoms with Gasteiger partial charge in [0.1, 0.15) is 11.6 Å². The number of thiophene rings is 1. The molecule has 164 valence electrons. The van der Waals surface area contributed by atoms with Crippen molar-refractivity contribution < 1.29 is 18.8 Å². The monoisotopic (exact) mass is 468 g/mol. The van der Waals surface area contributed by atoms with Gasteiger partial charge in [-0.25, -0.2) is 4.98 Å². The van der Waals surface area contributed by atoms with Crippen molar-refractivity contribution in [2.75, 3.05) is 5.32 Å². The molecule has 0 aliphatic rings. The Hall–Kier alpha value is -3.37. The largest absolute Gasteiger partial charge is 0.459 e. The number of benzene rings is 1. The molecule has 0 bridgehead atoms. The van der Waals surface area contributed by atoms with Crippen LogP contribution < -0.4 is 5.32 Å². The number of nitrogens with zero attached hydrogens (tertiary/aromatic N) is 3. The number of nitrogens with one attached hydrogen (secondary N) is 1. The molecular weight excluding hydrogens is 448 g/mol. The molecule has 0 radical (unpaired) electrons. The number of thiazole rings is 1. The van der Waals surface area contributed by atoms with E-state index < -0.39 is 0 Å². The highest BCUT2D eigenvalue weighted by Crippen LogP contribution is 2.21. The molecule has 0 fully saturated rings. The highest BCUT2D eigenvalue weighted by Gasteiger charge is 2.13. The summed E-state index contributed by atoms with van der Waals surface area (Å²) >= 11 is 2.88. The number of rotatable bonds is 9. The van der Waals surface area contributed by atoms with Gasteiger partial charge < -0.3 is 14.6 Å². The van der Waals surface area contributed by atoms with Gasteiger partial charge in [-0.2, -0.15) is 4.98 Å². The minimum absolute atomic E-state index is 0.0546. The van der Waals surface area contributed by atoms with E-state index in [1.807, 2.05) is 48.7 Å². The zero-order valence-corrected chi connectivity index (χ0v) is 18.9. The van der Waals surface area contributed by atoms with Crippen LogP contribution in [-0.2, 0) is 33.8 Å². The molecule has 0 aliphatic heterocycles. The molecule has 0 spiro atoms. The van der Waals surface area contributed by atoms with Crippen LogP contribution in [0.2, 0.25) is 0 Å². The number of carbonyl (C=O) groups is 2. The van der Waals surface area contributed by atoms with Crippen molar-refractivity contribution in [2.45, 2.75) is 32.8 Å². The molecule has 0 aliphatic carbocycles. The van der Waals surface area contributed by atoms with E-state index in [0.29, 0.717) is 28.8 Å². The molecule has 1 N–H and O–H groups in total. The third kappa shape index (κ3) is 5.86. The van der Waals surface area contributed by atoms with Gasteiger partial charge in [0.2, 0.25) is 17.6 Å². The number of hydrogen-bond acceptors (Lipinski definition) is 9. The van der Waals surface area contributed by atoms with Crippen molar-refractivity contribution in [3.8, 4) is 10.7 Å². The first-order valence-corrected chi connectivity index (χ1v) is 11.6. The van der Waals surface area contributed by atoms with Gasteiger partial charge >= 0.3 is 5.97 Å². The maximum atomic E-state index is 12.3. The third-order valence-electron chi connectivity index (χ3n) is 4.46. The van der Waals surface area contributed by atoms with Gasteiger partial charge in [-0.05, 0) is 30.0 Å². The number of carbonyl (C=O) groups excluding carboxylic acids is 2. The van der Waals surface area contributed by atoms with Crippen molar-refractivity contribution in [3.63, 3.8) is 0 Å². The standard InChI is InChI=1S/C22H20N4O4S2/c1-14-5-2-3-6-16(14)24-18(27)11-20-23-15(13-32-20)12-29-21(28)9-8-19-25-22(26-30-19)17-7-4-10-31-17/h2-7,10,13H,8-9,11-12H2,1H3,(H,24,27). The Morgan fingerprint density at radius 1 is 1.12 bits per heavy atom. The number of para-hydroxylation sites is 1. The predicted molar refractivity (Wildman–Crippen MR) is 121 cm³/mol. The summed E-state index contributed by atoms with van der Waals surface area (Å²) in [4.78, 5) is 33.9. The minimum Gasteiger partial charge on any atom is -0.459 e. The molecule has 0 saturated carbocycles. The van der Waals surface area contributed by atoms with E-state index >= 15 is 0 Å². The number of amides is 1. The van der Waals surface area contributed by atoms with Crippen LogP contribution in [0.1, 0.15) is 28.6 Å². The summed E-state index contributed by atoms with van der Waals surface area (Å²) in [6.45, 7) is 1.99. The highest BCUT2D eigenvalue weighted by atomic mass is 32.1. The molecular formula is C22H20N4O4S2. The Kier molecular flexibility index (Phi) is 7.03. The highest BCUT2D eigenvalue weighted by molar-refractivity contribution is 7.13. The Morgan fingerprint density at radius 3 is 2.81 bits per heavy atom. The average molecular weight is 469 g/mol. The van der Waals surface area contributed by atoms with E-state index in [0.717, 1.165) is 16.1 Å². The first-order chi connectivity index (χ1) is 15.6. The third-order valence-corrected chi connectivity index (χ3v) is 6.23. The molecule has 0 atom stereocenters. The summed E-state index contributed by atoms with van der Waals surface area (Å²) in [7, 11) is 0. The predicted octanol–water partition coefficient (Wildman–Crippen LogP) is 4.42. The molecule has 3 heterocycles. The molecule has 1 amide bonds. The molecule has 1 aromatic carbocycles. The fraction of sp³-hybridized carbons (Fsp3) is 0.227. The van der Waals surface area contributed by atoms with Gasteiger partial charge in [0.15, 0.2) is 0 Å². The summed E-state index contributed by atoms with van der Waals surface area (Å²) < 4.78 is 10.5. The summed E-state index contributed by atoms with van der Waals surface area (Å²) in [6.07, 6.45) is 0.594. The fourth-order valence-electron chi connectivity index (χ4n) is 2.84. The summed E-state index contributed by atoms with van der Waals surface area (Å²) in [5.74, 6) is 0.386. The van der Waals surface area contributed by atoms with E-state index in [1.165, 1.54) is 22.7 Å². The topological polar surface area (TPSA) is 107 Å². The first kappa shape index (κ1) is 21.8. The lowest BCUT2D eigenvalue weighted by atomic mass is 10.2. The van der Waals surface area contributed by atoms with Crippen LogP contribution >= 0.6 is 22.7 Å². The summed E-state index contributed by atoms with van der Waals surface area (Å²) in [5.41, 5.74) is 2.39. The number of aromatic nitrogens is 3. The molecule has 0 saturated heterocycles. The van der Waals surface area contributed by atoms with E-state index in [-0.39, 0.29) is 31.3 Å². The Morgan fingerprint density at radius 2 is 2.00 bits per heavy atom. The number of esters is 1. The number of anilines is 1.